The molecule has 14 heteroatoms. The fourth-order valence-corrected chi connectivity index (χ4v) is 7.19. The molecule has 1 fully saturated rings. The molecule has 1 aliphatic carbocycles. The highest BCUT2D eigenvalue weighted by Gasteiger charge is 2.51. The van der Waals surface area contributed by atoms with E-state index in [2.05, 4.69) is 26.0 Å². The van der Waals surface area contributed by atoms with Crippen molar-refractivity contribution < 1.29 is 63.1 Å². The van der Waals surface area contributed by atoms with Crippen LogP contribution < -0.4 is 0 Å². The van der Waals surface area contributed by atoms with Crippen molar-refractivity contribution in [2.75, 3.05) is 13.2 Å². The van der Waals surface area contributed by atoms with Gasteiger partial charge in [0, 0.05) is 12.8 Å². The number of phosphoric acid groups is 1. The number of ether oxygens (including phenoxy) is 2. The SMILES string of the molecule is CCCCCCCCCCC/C=C/CCCCC(=O)O[C@H](COC(=O)CCCCCCCCCCC)COP(=O)(O)OC1C(O)C(O)C(O)[C@H](O)C1O. The Kier molecular flexibility index (Phi) is 28.8. The zero-order valence-corrected chi connectivity index (χ0v) is 33.5. The van der Waals surface area contributed by atoms with E-state index in [0.717, 1.165) is 38.5 Å². The maximum atomic E-state index is 12.7. The molecule has 53 heavy (non-hydrogen) atoms. The van der Waals surface area contributed by atoms with Gasteiger partial charge >= 0.3 is 19.8 Å². The molecule has 0 heterocycles. The highest BCUT2D eigenvalue weighted by Crippen LogP contribution is 2.47. The number of hydrogen-bond acceptors (Lipinski definition) is 12. The van der Waals surface area contributed by atoms with Crippen LogP contribution in [0, 0.1) is 0 Å². The molecule has 0 radical (unpaired) electrons. The van der Waals surface area contributed by atoms with Gasteiger partial charge in [0.15, 0.2) is 6.10 Å². The van der Waals surface area contributed by atoms with E-state index in [1.165, 1.54) is 89.9 Å². The lowest BCUT2D eigenvalue weighted by atomic mass is 9.85. The van der Waals surface area contributed by atoms with Crippen molar-refractivity contribution >= 4 is 19.8 Å². The third-order valence-corrected chi connectivity index (χ3v) is 10.6. The molecule has 0 aromatic carbocycles. The summed E-state index contributed by atoms with van der Waals surface area (Å²) in [5.74, 6) is -1.12. The standard InChI is InChI=1S/C39H73O13P/c1-3-5-7-9-11-13-14-15-16-17-18-20-22-24-26-28-33(41)51-31(29-49-32(40)27-25-23-21-19-12-10-8-6-4-2)30-50-53(47,48)52-39-37(45)35(43)34(42)36(44)38(39)46/h18,20,31,34-39,42-46H,3-17,19,21-30H2,1-2H3,(H,47,48)/b20-18+/t31-,34?,35+,36?,37?,38?,39?/m1/s1. The second-order valence-corrected chi connectivity index (χ2v) is 15.9. The average Bonchev–Trinajstić information content (AvgIpc) is 3.13. The van der Waals surface area contributed by atoms with Crippen LogP contribution in [-0.4, -0.2) is 98.3 Å². The molecule has 6 unspecified atom stereocenters. The first-order chi connectivity index (χ1) is 25.4. The second kappa shape index (κ2) is 30.8. The van der Waals surface area contributed by atoms with Gasteiger partial charge in [-0.2, -0.15) is 0 Å². The van der Waals surface area contributed by atoms with Gasteiger partial charge in [0.2, 0.25) is 0 Å². The molecule has 1 aliphatic rings. The second-order valence-electron chi connectivity index (χ2n) is 14.5. The summed E-state index contributed by atoms with van der Waals surface area (Å²) in [6.45, 7) is 3.23. The fraction of sp³-hybridized carbons (Fsp3) is 0.897. The molecule has 0 aromatic rings. The summed E-state index contributed by atoms with van der Waals surface area (Å²) < 4.78 is 33.3. The zero-order valence-electron chi connectivity index (χ0n) is 32.6. The van der Waals surface area contributed by atoms with E-state index >= 15 is 0 Å². The van der Waals surface area contributed by atoms with Crippen molar-refractivity contribution in [3.05, 3.63) is 12.2 Å². The molecule has 312 valence electrons. The number of unbranched alkanes of at least 4 members (excludes halogenated alkanes) is 19. The number of carbonyl (C=O) groups excluding carboxylic acids is 2. The summed E-state index contributed by atoms with van der Waals surface area (Å²) in [6.07, 6.45) is 15.8. The van der Waals surface area contributed by atoms with E-state index in [-0.39, 0.29) is 12.8 Å². The lowest BCUT2D eigenvalue weighted by Crippen LogP contribution is -2.64. The molecular weight excluding hydrogens is 707 g/mol. The maximum Gasteiger partial charge on any atom is 0.472 e. The van der Waals surface area contributed by atoms with Crippen LogP contribution in [-0.2, 0) is 32.7 Å². The minimum absolute atomic E-state index is 0.0703. The quantitative estimate of drug-likeness (QED) is 0.0177. The Labute approximate surface area is 318 Å². The third-order valence-electron chi connectivity index (χ3n) is 9.61. The number of rotatable bonds is 33. The van der Waals surface area contributed by atoms with Gasteiger partial charge in [-0.05, 0) is 38.5 Å². The van der Waals surface area contributed by atoms with Crippen molar-refractivity contribution in [2.24, 2.45) is 0 Å². The Balaban J connectivity index is 2.52. The van der Waals surface area contributed by atoms with Gasteiger partial charge in [0.05, 0.1) is 6.61 Å². The first-order valence-corrected chi connectivity index (χ1v) is 22.0. The molecule has 0 saturated heterocycles. The molecule has 0 amide bonds. The van der Waals surface area contributed by atoms with Gasteiger partial charge in [-0.25, -0.2) is 4.57 Å². The Morgan fingerprint density at radius 3 is 1.47 bits per heavy atom. The molecule has 0 aromatic heterocycles. The van der Waals surface area contributed by atoms with Crippen LogP contribution in [0.1, 0.15) is 168 Å². The number of hydrogen-bond donors (Lipinski definition) is 6. The summed E-state index contributed by atoms with van der Waals surface area (Å²) >= 11 is 0. The van der Waals surface area contributed by atoms with Crippen molar-refractivity contribution in [3.63, 3.8) is 0 Å². The summed E-state index contributed by atoms with van der Waals surface area (Å²) in [6, 6.07) is 0. The summed E-state index contributed by atoms with van der Waals surface area (Å²) in [5, 5.41) is 49.9. The molecule has 8 atom stereocenters. The Bertz CT molecular complexity index is 996. The molecule has 0 bridgehead atoms. The van der Waals surface area contributed by atoms with Crippen LogP contribution in [0.5, 0.6) is 0 Å². The lowest BCUT2D eigenvalue weighted by molar-refractivity contribution is -0.220. The first kappa shape index (κ1) is 49.6. The first-order valence-electron chi connectivity index (χ1n) is 20.5. The average molecular weight is 781 g/mol. The topological polar surface area (TPSA) is 210 Å². The Morgan fingerprint density at radius 1 is 0.566 bits per heavy atom. The van der Waals surface area contributed by atoms with E-state index in [1.807, 2.05) is 0 Å². The number of phosphoric ester groups is 1. The number of carbonyl (C=O) groups is 2. The number of aliphatic hydroxyl groups is 5. The minimum atomic E-state index is -5.11. The van der Waals surface area contributed by atoms with Crippen molar-refractivity contribution in [3.8, 4) is 0 Å². The molecule has 0 aliphatic heterocycles. The Hall–Kier alpha value is -1.41. The molecule has 13 nitrogen and oxygen atoms in total. The summed E-state index contributed by atoms with van der Waals surface area (Å²) in [5.41, 5.74) is 0. The van der Waals surface area contributed by atoms with Gasteiger partial charge in [-0.15, -0.1) is 0 Å². The predicted octanol–water partition coefficient (Wildman–Crippen LogP) is 6.72. The molecule has 6 N–H and O–H groups in total. The molecule has 1 saturated carbocycles. The van der Waals surface area contributed by atoms with Gasteiger partial charge < -0.3 is 39.9 Å². The summed E-state index contributed by atoms with van der Waals surface area (Å²) in [4.78, 5) is 35.4. The highest BCUT2D eigenvalue weighted by molar-refractivity contribution is 7.47. The van der Waals surface area contributed by atoms with Gasteiger partial charge in [-0.3, -0.25) is 18.6 Å². The number of aliphatic hydroxyl groups excluding tert-OH is 5. The van der Waals surface area contributed by atoms with Crippen LogP contribution in [0.4, 0.5) is 0 Å². The normalized spacial score (nSPS) is 23.5. The van der Waals surface area contributed by atoms with Crippen LogP contribution in [0.25, 0.3) is 0 Å². The van der Waals surface area contributed by atoms with E-state index in [0.29, 0.717) is 12.8 Å². The zero-order chi connectivity index (χ0) is 39.3. The number of esters is 2. The van der Waals surface area contributed by atoms with E-state index < -0.39 is 75.7 Å². The smallest absolute Gasteiger partial charge is 0.462 e. The van der Waals surface area contributed by atoms with Crippen LogP contribution in [0.3, 0.4) is 0 Å². The molecule has 1 rings (SSSR count). The fourth-order valence-electron chi connectivity index (χ4n) is 6.22. The molecular formula is C39H73O13P. The van der Waals surface area contributed by atoms with E-state index in [9.17, 15) is 44.6 Å². The van der Waals surface area contributed by atoms with E-state index in [4.69, 9.17) is 18.5 Å². The van der Waals surface area contributed by atoms with E-state index in [1.54, 1.807) is 0 Å². The minimum Gasteiger partial charge on any atom is -0.462 e. The lowest BCUT2D eigenvalue weighted by Gasteiger charge is -2.41. The van der Waals surface area contributed by atoms with Gasteiger partial charge in [0.25, 0.3) is 0 Å². The van der Waals surface area contributed by atoms with Crippen LogP contribution >= 0.6 is 7.82 Å². The predicted molar refractivity (Wildman–Crippen MR) is 203 cm³/mol. The molecule has 0 spiro atoms. The van der Waals surface area contributed by atoms with Crippen molar-refractivity contribution in [2.45, 2.75) is 211 Å². The monoisotopic (exact) mass is 780 g/mol. The van der Waals surface area contributed by atoms with Gasteiger partial charge in [-0.1, -0.05) is 129 Å². The maximum absolute atomic E-state index is 12.7. The third kappa shape index (κ3) is 24.0. The Morgan fingerprint density at radius 2 is 0.962 bits per heavy atom. The highest BCUT2D eigenvalue weighted by atomic mass is 31.2. The van der Waals surface area contributed by atoms with Crippen molar-refractivity contribution in [1.29, 1.82) is 0 Å². The number of allylic oxidation sites excluding steroid dienone is 2. The van der Waals surface area contributed by atoms with Crippen LogP contribution in [0.15, 0.2) is 12.2 Å². The van der Waals surface area contributed by atoms with Crippen molar-refractivity contribution in [1.82, 2.24) is 0 Å². The summed E-state index contributed by atoms with van der Waals surface area (Å²) in [7, 11) is -5.11. The largest absolute Gasteiger partial charge is 0.472 e. The van der Waals surface area contributed by atoms with Crippen LogP contribution in [0.2, 0.25) is 0 Å². The van der Waals surface area contributed by atoms with Gasteiger partial charge in [0.1, 0.15) is 43.2 Å².